The molecule has 36 heavy (non-hydrogen) atoms. The number of piperazine rings is 1. The number of nitrogens with one attached hydrogen (secondary N) is 2. The second-order valence-electron chi connectivity index (χ2n) is 9.50. The van der Waals surface area contributed by atoms with Crippen LogP contribution in [0.2, 0.25) is 0 Å². The first-order valence-corrected chi connectivity index (χ1v) is 12.6. The smallest absolute Gasteiger partial charge is 0.328 e. The molecule has 9 heteroatoms. The van der Waals surface area contributed by atoms with E-state index in [0.29, 0.717) is 25.7 Å². The van der Waals surface area contributed by atoms with Gasteiger partial charge >= 0.3 is 11.7 Å². The minimum atomic E-state index is -0.439. The molecule has 2 saturated heterocycles. The molecule has 2 aromatic carbocycles. The van der Waals surface area contributed by atoms with Crippen LogP contribution in [0.5, 0.6) is 0 Å². The molecule has 188 valence electrons. The van der Waals surface area contributed by atoms with Gasteiger partial charge in [-0.2, -0.15) is 4.98 Å². The van der Waals surface area contributed by atoms with Crippen molar-refractivity contribution in [3.05, 3.63) is 88.5 Å². The summed E-state index contributed by atoms with van der Waals surface area (Å²) in [4.78, 5) is 34.1. The van der Waals surface area contributed by atoms with Gasteiger partial charge < -0.3 is 16.0 Å². The average Bonchev–Trinajstić information content (AvgIpc) is 2.91. The Morgan fingerprint density at radius 1 is 1.03 bits per heavy atom. The van der Waals surface area contributed by atoms with Gasteiger partial charge in [0.05, 0.1) is 11.7 Å². The summed E-state index contributed by atoms with van der Waals surface area (Å²) in [6.45, 7) is 4.86. The Bertz CT molecular complexity index is 1220. The molecule has 0 spiro atoms. The van der Waals surface area contributed by atoms with Gasteiger partial charge in [0.1, 0.15) is 5.82 Å². The van der Waals surface area contributed by atoms with E-state index in [2.05, 4.69) is 20.5 Å². The highest BCUT2D eigenvalue weighted by molar-refractivity contribution is 5.88. The van der Waals surface area contributed by atoms with Gasteiger partial charge in [0, 0.05) is 38.4 Å². The molecule has 1 aromatic heterocycles. The van der Waals surface area contributed by atoms with Crippen molar-refractivity contribution in [1.82, 2.24) is 24.7 Å². The number of hydrogen-bond acceptors (Lipinski definition) is 6. The maximum Gasteiger partial charge on any atom is 0.354 e. The largest absolute Gasteiger partial charge is 0.354 e. The van der Waals surface area contributed by atoms with Crippen molar-refractivity contribution in [2.24, 2.45) is 5.73 Å². The number of amides is 2. The summed E-state index contributed by atoms with van der Waals surface area (Å²) in [6.07, 6.45) is 3.71. The van der Waals surface area contributed by atoms with Crippen molar-refractivity contribution in [2.45, 2.75) is 31.5 Å². The van der Waals surface area contributed by atoms with Crippen LogP contribution in [0.15, 0.2) is 71.7 Å². The third-order valence-corrected chi connectivity index (χ3v) is 6.98. The summed E-state index contributed by atoms with van der Waals surface area (Å²) in [5.41, 5.74) is 8.56. The van der Waals surface area contributed by atoms with Crippen LogP contribution < -0.4 is 22.1 Å². The monoisotopic (exact) mass is 487 g/mol. The fraction of sp³-hybridized carbons (Fsp3) is 0.370. The fourth-order valence-electron chi connectivity index (χ4n) is 4.90. The Kier molecular flexibility index (Phi) is 7.41. The first-order valence-electron chi connectivity index (χ1n) is 12.6. The van der Waals surface area contributed by atoms with E-state index in [0.717, 1.165) is 43.7 Å². The van der Waals surface area contributed by atoms with Crippen molar-refractivity contribution >= 4 is 11.8 Å². The van der Waals surface area contributed by atoms with E-state index >= 15 is 0 Å². The SMILES string of the molecule is NC1CCN(Cc2ccc(-n3ccc(NC(=O)N4CCNCC4c4ccccc4)nc3=O)cc2)CC1. The highest BCUT2D eigenvalue weighted by Crippen LogP contribution is 2.23. The van der Waals surface area contributed by atoms with Crippen LogP contribution >= 0.6 is 0 Å². The molecule has 1 atom stereocenters. The van der Waals surface area contributed by atoms with E-state index < -0.39 is 5.69 Å². The van der Waals surface area contributed by atoms with Gasteiger partial charge in [0.15, 0.2) is 0 Å². The second-order valence-corrected chi connectivity index (χ2v) is 9.50. The molecule has 5 rings (SSSR count). The highest BCUT2D eigenvalue weighted by Gasteiger charge is 2.28. The van der Waals surface area contributed by atoms with Crippen LogP contribution in [0.4, 0.5) is 10.6 Å². The Morgan fingerprint density at radius 2 is 1.78 bits per heavy atom. The maximum absolute atomic E-state index is 13.1. The maximum atomic E-state index is 13.1. The topological polar surface area (TPSA) is 109 Å². The number of aromatic nitrogens is 2. The first kappa shape index (κ1) is 24.2. The van der Waals surface area contributed by atoms with Gasteiger partial charge in [0.2, 0.25) is 0 Å². The van der Waals surface area contributed by atoms with Gasteiger partial charge in [-0.05, 0) is 55.3 Å². The van der Waals surface area contributed by atoms with E-state index in [-0.39, 0.29) is 17.9 Å². The summed E-state index contributed by atoms with van der Waals surface area (Å²) in [6, 6.07) is 19.5. The van der Waals surface area contributed by atoms with E-state index in [1.54, 1.807) is 17.2 Å². The molecular formula is C27H33N7O2. The van der Waals surface area contributed by atoms with Crippen LogP contribution in [0.3, 0.4) is 0 Å². The van der Waals surface area contributed by atoms with Gasteiger partial charge in [-0.25, -0.2) is 9.59 Å². The number of nitrogens with zero attached hydrogens (tertiary/aromatic N) is 4. The van der Waals surface area contributed by atoms with Crippen LogP contribution in [-0.4, -0.2) is 64.1 Å². The van der Waals surface area contributed by atoms with Crippen molar-refractivity contribution < 1.29 is 4.79 Å². The zero-order valence-electron chi connectivity index (χ0n) is 20.3. The Morgan fingerprint density at radius 3 is 2.50 bits per heavy atom. The highest BCUT2D eigenvalue weighted by atomic mass is 16.2. The summed E-state index contributed by atoms with van der Waals surface area (Å²) in [5, 5.41) is 6.16. The lowest BCUT2D eigenvalue weighted by atomic mass is 10.0. The third kappa shape index (κ3) is 5.64. The van der Waals surface area contributed by atoms with Crippen LogP contribution in [0, 0.1) is 0 Å². The summed E-state index contributed by atoms with van der Waals surface area (Å²) < 4.78 is 1.48. The molecule has 0 bridgehead atoms. The zero-order valence-corrected chi connectivity index (χ0v) is 20.3. The van der Waals surface area contributed by atoms with E-state index in [9.17, 15) is 9.59 Å². The molecule has 0 aliphatic carbocycles. The Labute approximate surface area is 210 Å². The third-order valence-electron chi connectivity index (χ3n) is 6.98. The molecule has 2 fully saturated rings. The normalized spacial score (nSPS) is 19.2. The van der Waals surface area contributed by atoms with Gasteiger partial charge in [-0.1, -0.05) is 42.5 Å². The van der Waals surface area contributed by atoms with E-state index in [1.165, 1.54) is 10.1 Å². The molecule has 4 N–H and O–H groups in total. The van der Waals surface area contributed by atoms with Crippen LogP contribution in [0.25, 0.3) is 5.69 Å². The molecule has 0 radical (unpaired) electrons. The zero-order chi connectivity index (χ0) is 24.9. The number of likely N-dealkylation sites (tertiary alicyclic amines) is 1. The molecule has 3 aromatic rings. The number of carbonyl (C=O) groups is 1. The number of hydrogen-bond donors (Lipinski definition) is 3. The molecule has 2 aliphatic heterocycles. The van der Waals surface area contributed by atoms with E-state index in [4.69, 9.17) is 5.73 Å². The standard InChI is InChI=1S/C27H33N7O2/c28-22-10-14-32(15-11-22)19-20-6-8-23(9-7-20)33-16-12-25(30-26(33)35)31-27(36)34-17-13-29-18-24(34)21-4-2-1-3-5-21/h1-9,12,16,22,24,29H,10-11,13-15,17-19,28H2,(H,30,31,35,36). The number of rotatable bonds is 5. The minimum Gasteiger partial charge on any atom is -0.328 e. The average molecular weight is 488 g/mol. The number of carbonyl (C=O) groups excluding carboxylic acids is 1. The van der Waals surface area contributed by atoms with Crippen molar-refractivity contribution in [1.29, 1.82) is 0 Å². The minimum absolute atomic E-state index is 0.0829. The number of anilines is 1. The van der Waals surface area contributed by atoms with Crippen molar-refractivity contribution in [3.63, 3.8) is 0 Å². The van der Waals surface area contributed by atoms with Crippen LogP contribution in [-0.2, 0) is 6.54 Å². The quantitative estimate of drug-likeness (QED) is 0.510. The first-order chi connectivity index (χ1) is 17.6. The molecule has 2 aliphatic rings. The van der Waals surface area contributed by atoms with E-state index in [1.807, 2.05) is 54.6 Å². The lowest BCUT2D eigenvalue weighted by Gasteiger charge is -2.36. The number of benzene rings is 2. The van der Waals surface area contributed by atoms with Gasteiger partial charge in [0.25, 0.3) is 0 Å². The number of nitrogens with two attached hydrogens (primary N) is 1. The summed E-state index contributed by atoms with van der Waals surface area (Å²) >= 11 is 0. The number of piperidine rings is 1. The second kappa shape index (κ2) is 11.0. The predicted molar refractivity (Wildman–Crippen MR) is 140 cm³/mol. The number of urea groups is 1. The molecule has 2 amide bonds. The summed E-state index contributed by atoms with van der Waals surface area (Å²) in [7, 11) is 0. The fourth-order valence-corrected chi connectivity index (χ4v) is 4.90. The predicted octanol–water partition coefficient (Wildman–Crippen LogP) is 2.33. The van der Waals surface area contributed by atoms with Gasteiger partial charge in [-0.15, -0.1) is 0 Å². The van der Waals surface area contributed by atoms with Crippen LogP contribution in [0.1, 0.15) is 30.0 Å². The summed E-state index contributed by atoms with van der Waals surface area (Å²) in [5.74, 6) is 0.242. The Hall–Kier alpha value is -3.53. The Balaban J connectivity index is 1.24. The molecular weight excluding hydrogens is 454 g/mol. The van der Waals surface area contributed by atoms with Gasteiger partial charge in [-0.3, -0.25) is 14.8 Å². The molecule has 1 unspecified atom stereocenters. The van der Waals surface area contributed by atoms with Crippen molar-refractivity contribution in [3.8, 4) is 5.69 Å². The molecule has 0 saturated carbocycles. The lowest BCUT2D eigenvalue weighted by molar-refractivity contribution is 0.171. The molecule has 3 heterocycles. The van der Waals surface area contributed by atoms with Crippen molar-refractivity contribution in [2.75, 3.05) is 38.0 Å². The molecule has 9 nitrogen and oxygen atoms in total. The lowest BCUT2D eigenvalue weighted by Crippen LogP contribution is -2.50.